The van der Waals surface area contributed by atoms with E-state index in [1.165, 1.54) is 0 Å². The van der Waals surface area contributed by atoms with Crippen molar-refractivity contribution in [1.29, 1.82) is 0 Å². The molecule has 0 spiro atoms. The maximum atomic E-state index is 12.1. The molecule has 0 aromatic heterocycles. The van der Waals surface area contributed by atoms with E-state index in [-0.39, 0.29) is 11.3 Å². The Balaban J connectivity index is 2.27. The molecule has 1 heterocycles. The molecule has 1 aliphatic rings. The second-order valence-corrected chi connectivity index (χ2v) is 7.53. The predicted molar refractivity (Wildman–Crippen MR) is 87.3 cm³/mol. The minimum atomic E-state index is 0.0628. The number of nitrogens with zero attached hydrogens (tertiary/aromatic N) is 1. The highest BCUT2D eigenvalue weighted by Crippen LogP contribution is 2.20. The topological polar surface area (TPSA) is 41.6 Å². The van der Waals surface area contributed by atoms with Gasteiger partial charge in [0.1, 0.15) is 0 Å². The van der Waals surface area contributed by atoms with Crippen molar-refractivity contribution in [2.24, 2.45) is 11.3 Å². The van der Waals surface area contributed by atoms with Crippen LogP contribution in [-0.2, 0) is 9.53 Å². The molecule has 2 atom stereocenters. The first-order valence-corrected chi connectivity index (χ1v) is 8.41. The molecule has 4 nitrogen and oxygen atoms in total. The first-order valence-electron chi connectivity index (χ1n) is 8.41. The van der Waals surface area contributed by atoms with Gasteiger partial charge in [-0.2, -0.15) is 0 Å². The fraction of sp³-hybridized carbons (Fsp3) is 0.941. The molecule has 1 N–H and O–H groups in total. The van der Waals surface area contributed by atoms with E-state index in [4.69, 9.17) is 4.74 Å². The number of ether oxygens (including phenoxy) is 1. The minimum absolute atomic E-state index is 0.0628. The molecule has 21 heavy (non-hydrogen) atoms. The summed E-state index contributed by atoms with van der Waals surface area (Å²) in [7, 11) is 0. The van der Waals surface area contributed by atoms with E-state index >= 15 is 0 Å². The summed E-state index contributed by atoms with van der Waals surface area (Å²) in [6.07, 6.45) is 2.77. The number of piperidine rings is 1. The van der Waals surface area contributed by atoms with Gasteiger partial charge in [0.15, 0.2) is 0 Å². The van der Waals surface area contributed by atoms with Crippen LogP contribution in [0.3, 0.4) is 0 Å². The summed E-state index contributed by atoms with van der Waals surface area (Å²) in [6, 6.07) is 0.336. The van der Waals surface area contributed by atoms with E-state index in [9.17, 15) is 4.79 Å². The van der Waals surface area contributed by atoms with Crippen LogP contribution in [0.15, 0.2) is 0 Å². The van der Waals surface area contributed by atoms with Gasteiger partial charge in [0.05, 0.1) is 0 Å². The van der Waals surface area contributed by atoms with Gasteiger partial charge in [0.25, 0.3) is 0 Å². The Hall–Kier alpha value is -0.610. The Labute approximate surface area is 130 Å². The average Bonchev–Trinajstić information content (AvgIpc) is 2.35. The molecular formula is C17H34N2O2. The van der Waals surface area contributed by atoms with Crippen LogP contribution in [0.4, 0.5) is 0 Å². The standard InChI is InChI=1S/C17H34N2O2/c1-6-21-11-7-9-19-10-8-15(14(2)13-19)18-16(20)12-17(3,4)5/h14-15H,6-13H2,1-5H3,(H,18,20)/t14-,15-/m1/s1. The maximum Gasteiger partial charge on any atom is 0.220 e. The number of amides is 1. The number of hydrogen-bond donors (Lipinski definition) is 1. The Bertz CT molecular complexity index is 312. The van der Waals surface area contributed by atoms with Crippen molar-refractivity contribution in [3.8, 4) is 0 Å². The van der Waals surface area contributed by atoms with E-state index in [1.54, 1.807) is 0 Å². The lowest BCUT2D eigenvalue weighted by Crippen LogP contribution is -2.50. The molecule has 0 unspecified atom stereocenters. The monoisotopic (exact) mass is 298 g/mol. The molecule has 0 saturated carbocycles. The summed E-state index contributed by atoms with van der Waals surface area (Å²) in [4.78, 5) is 14.6. The summed E-state index contributed by atoms with van der Waals surface area (Å²) in [5.41, 5.74) is 0.0628. The first-order chi connectivity index (χ1) is 9.81. The lowest BCUT2D eigenvalue weighted by atomic mass is 9.90. The molecule has 1 rings (SSSR count). The normalized spacial score (nSPS) is 24.0. The van der Waals surface area contributed by atoms with Crippen LogP contribution in [0.1, 0.15) is 53.9 Å². The Morgan fingerprint density at radius 3 is 2.67 bits per heavy atom. The van der Waals surface area contributed by atoms with Crippen molar-refractivity contribution < 1.29 is 9.53 Å². The lowest BCUT2D eigenvalue weighted by molar-refractivity contribution is -0.124. The smallest absolute Gasteiger partial charge is 0.220 e. The molecule has 1 aliphatic heterocycles. The molecule has 1 fully saturated rings. The van der Waals surface area contributed by atoms with Crippen LogP contribution in [0.25, 0.3) is 0 Å². The van der Waals surface area contributed by atoms with Gasteiger partial charge >= 0.3 is 0 Å². The summed E-state index contributed by atoms with van der Waals surface area (Å²) >= 11 is 0. The second kappa shape index (κ2) is 8.74. The zero-order chi connectivity index (χ0) is 15.9. The quantitative estimate of drug-likeness (QED) is 0.735. The number of likely N-dealkylation sites (tertiary alicyclic amines) is 1. The molecule has 1 saturated heterocycles. The minimum Gasteiger partial charge on any atom is -0.382 e. The van der Waals surface area contributed by atoms with Crippen molar-refractivity contribution in [2.75, 3.05) is 32.8 Å². The van der Waals surface area contributed by atoms with Gasteiger partial charge in [-0.05, 0) is 31.1 Å². The second-order valence-electron chi connectivity index (χ2n) is 7.53. The van der Waals surface area contributed by atoms with Gasteiger partial charge in [-0.3, -0.25) is 4.79 Å². The van der Waals surface area contributed by atoms with Crippen molar-refractivity contribution in [3.05, 3.63) is 0 Å². The fourth-order valence-electron chi connectivity index (χ4n) is 2.92. The average molecular weight is 298 g/mol. The lowest BCUT2D eigenvalue weighted by Gasteiger charge is -2.37. The van der Waals surface area contributed by atoms with Gasteiger partial charge < -0.3 is 15.0 Å². The highest BCUT2D eigenvalue weighted by atomic mass is 16.5. The summed E-state index contributed by atoms with van der Waals surface area (Å²) in [5, 5.41) is 3.23. The molecule has 0 aromatic carbocycles. The Morgan fingerprint density at radius 1 is 1.38 bits per heavy atom. The van der Waals surface area contributed by atoms with Crippen LogP contribution in [0.2, 0.25) is 0 Å². The third kappa shape index (κ3) is 7.82. The zero-order valence-electron chi connectivity index (χ0n) is 14.6. The molecule has 124 valence electrons. The van der Waals surface area contributed by atoms with Crippen molar-refractivity contribution in [1.82, 2.24) is 10.2 Å². The highest BCUT2D eigenvalue weighted by molar-refractivity contribution is 5.76. The molecule has 0 radical (unpaired) electrons. The van der Waals surface area contributed by atoms with Crippen LogP contribution in [0, 0.1) is 11.3 Å². The van der Waals surface area contributed by atoms with Crippen molar-refractivity contribution in [3.63, 3.8) is 0 Å². The van der Waals surface area contributed by atoms with Crippen molar-refractivity contribution >= 4 is 5.91 Å². The molecule has 4 heteroatoms. The summed E-state index contributed by atoms with van der Waals surface area (Å²) < 4.78 is 5.39. The highest BCUT2D eigenvalue weighted by Gasteiger charge is 2.27. The maximum absolute atomic E-state index is 12.1. The largest absolute Gasteiger partial charge is 0.382 e. The summed E-state index contributed by atoms with van der Waals surface area (Å²) in [5.74, 6) is 0.721. The number of rotatable bonds is 7. The third-order valence-electron chi connectivity index (χ3n) is 3.99. The van der Waals surface area contributed by atoms with E-state index in [2.05, 4.69) is 37.9 Å². The van der Waals surface area contributed by atoms with Gasteiger partial charge in [-0.25, -0.2) is 0 Å². The number of carbonyl (C=O) groups excluding carboxylic acids is 1. The van der Waals surface area contributed by atoms with Gasteiger partial charge in [-0.1, -0.05) is 27.7 Å². The van der Waals surface area contributed by atoms with E-state index in [0.717, 1.165) is 45.7 Å². The van der Waals surface area contributed by atoms with Crippen LogP contribution in [0.5, 0.6) is 0 Å². The van der Waals surface area contributed by atoms with Gasteiger partial charge in [0, 0.05) is 45.3 Å². The fourth-order valence-corrected chi connectivity index (χ4v) is 2.92. The van der Waals surface area contributed by atoms with Gasteiger partial charge in [0.2, 0.25) is 5.91 Å². The number of nitrogens with one attached hydrogen (secondary N) is 1. The van der Waals surface area contributed by atoms with E-state index in [0.29, 0.717) is 18.4 Å². The Kier molecular flexibility index (Phi) is 7.67. The molecule has 0 aliphatic carbocycles. The van der Waals surface area contributed by atoms with Crippen LogP contribution >= 0.6 is 0 Å². The number of hydrogen-bond acceptors (Lipinski definition) is 3. The van der Waals surface area contributed by atoms with Crippen molar-refractivity contribution in [2.45, 2.75) is 59.9 Å². The molecule has 0 aromatic rings. The first kappa shape index (κ1) is 18.4. The third-order valence-corrected chi connectivity index (χ3v) is 3.99. The summed E-state index contributed by atoms with van der Waals surface area (Å²) in [6.45, 7) is 15.5. The van der Waals surface area contributed by atoms with Crippen LogP contribution < -0.4 is 5.32 Å². The molecular weight excluding hydrogens is 264 g/mol. The predicted octanol–water partition coefficient (Wildman–Crippen LogP) is 2.68. The SMILES string of the molecule is CCOCCCN1CC[C@@H](NC(=O)CC(C)(C)C)[C@H](C)C1. The van der Waals surface area contributed by atoms with E-state index in [1.807, 2.05) is 6.92 Å². The number of carbonyl (C=O) groups is 1. The van der Waals surface area contributed by atoms with Crippen LogP contribution in [-0.4, -0.2) is 49.7 Å². The molecule has 1 amide bonds. The van der Waals surface area contributed by atoms with Gasteiger partial charge in [-0.15, -0.1) is 0 Å². The zero-order valence-corrected chi connectivity index (χ0v) is 14.6. The Morgan fingerprint density at radius 2 is 2.10 bits per heavy atom. The molecule has 0 bridgehead atoms. The van der Waals surface area contributed by atoms with E-state index < -0.39 is 0 Å².